The number of rotatable bonds is 4. The lowest BCUT2D eigenvalue weighted by Gasteiger charge is -2.15. The minimum Gasteiger partial charge on any atom is -0.359 e. The van der Waals surface area contributed by atoms with Crippen LogP contribution in [0.5, 0.6) is 0 Å². The Bertz CT molecular complexity index is 837. The van der Waals surface area contributed by atoms with Crippen LogP contribution in [0.25, 0.3) is 11.1 Å². The highest BCUT2D eigenvalue weighted by Crippen LogP contribution is 2.22. The first-order chi connectivity index (χ1) is 12.0. The van der Waals surface area contributed by atoms with E-state index < -0.39 is 0 Å². The molecule has 0 spiro atoms. The van der Waals surface area contributed by atoms with Gasteiger partial charge in [-0.1, -0.05) is 35.5 Å². The number of aryl methyl sites for hydroxylation is 2. The predicted octanol–water partition coefficient (Wildman–Crippen LogP) is 4.24. The number of anilines is 1. The van der Waals surface area contributed by atoms with Crippen molar-refractivity contribution in [2.75, 3.05) is 5.32 Å². The molecule has 0 aliphatic heterocycles. The van der Waals surface area contributed by atoms with Gasteiger partial charge in [0.1, 0.15) is 11.4 Å². The van der Waals surface area contributed by atoms with Crippen molar-refractivity contribution >= 4 is 11.7 Å². The van der Waals surface area contributed by atoms with Crippen LogP contribution in [0.3, 0.4) is 0 Å². The standard InChI is InChI=1S/C19H20N4O2/c1-12(21-19(24)22-18-13(2)23-25-14(18)3)15-6-8-16(9-7-15)17-5-4-10-20-11-17/h4-12H,1-3H3,(H2,21,22,24)/t12-/m1/s1. The van der Waals surface area contributed by atoms with Crippen LogP contribution in [0.15, 0.2) is 53.3 Å². The van der Waals surface area contributed by atoms with Crippen LogP contribution < -0.4 is 10.6 Å². The van der Waals surface area contributed by atoms with Crippen LogP contribution in [0, 0.1) is 13.8 Å². The number of pyridine rings is 1. The normalized spacial score (nSPS) is 11.8. The van der Waals surface area contributed by atoms with Crippen molar-refractivity contribution in [1.82, 2.24) is 15.5 Å². The zero-order chi connectivity index (χ0) is 17.8. The largest absolute Gasteiger partial charge is 0.359 e. The second kappa shape index (κ2) is 7.17. The lowest BCUT2D eigenvalue weighted by atomic mass is 10.0. The van der Waals surface area contributed by atoms with Gasteiger partial charge in [0.15, 0.2) is 5.76 Å². The van der Waals surface area contributed by atoms with E-state index in [9.17, 15) is 4.79 Å². The molecule has 0 unspecified atom stereocenters. The molecule has 25 heavy (non-hydrogen) atoms. The van der Waals surface area contributed by atoms with E-state index in [2.05, 4.69) is 20.8 Å². The number of aromatic nitrogens is 2. The zero-order valence-corrected chi connectivity index (χ0v) is 14.4. The van der Waals surface area contributed by atoms with Crippen LogP contribution in [0.2, 0.25) is 0 Å². The summed E-state index contributed by atoms with van der Waals surface area (Å²) >= 11 is 0. The number of hydrogen-bond acceptors (Lipinski definition) is 4. The van der Waals surface area contributed by atoms with Crippen LogP contribution in [0.4, 0.5) is 10.5 Å². The highest BCUT2D eigenvalue weighted by molar-refractivity contribution is 5.90. The summed E-state index contributed by atoms with van der Waals surface area (Å²) < 4.78 is 5.04. The third kappa shape index (κ3) is 3.85. The Morgan fingerprint density at radius 1 is 1.12 bits per heavy atom. The minimum atomic E-state index is -0.293. The zero-order valence-electron chi connectivity index (χ0n) is 14.4. The Balaban J connectivity index is 1.65. The van der Waals surface area contributed by atoms with Gasteiger partial charge < -0.3 is 15.2 Å². The van der Waals surface area contributed by atoms with E-state index in [1.165, 1.54) is 0 Å². The first kappa shape index (κ1) is 16.7. The quantitative estimate of drug-likeness (QED) is 0.747. The molecule has 1 aromatic carbocycles. The van der Waals surface area contributed by atoms with Crippen LogP contribution in [-0.4, -0.2) is 16.2 Å². The molecule has 0 bridgehead atoms. The van der Waals surface area contributed by atoms with Crippen LogP contribution in [0.1, 0.15) is 30.0 Å². The van der Waals surface area contributed by atoms with Crippen molar-refractivity contribution in [2.24, 2.45) is 0 Å². The molecule has 3 rings (SSSR count). The van der Waals surface area contributed by atoms with E-state index in [0.29, 0.717) is 17.1 Å². The Morgan fingerprint density at radius 3 is 2.48 bits per heavy atom. The van der Waals surface area contributed by atoms with E-state index in [1.54, 1.807) is 20.0 Å². The van der Waals surface area contributed by atoms with Gasteiger partial charge in [0.05, 0.1) is 6.04 Å². The van der Waals surface area contributed by atoms with Gasteiger partial charge in [0, 0.05) is 12.4 Å². The van der Waals surface area contributed by atoms with Crippen LogP contribution >= 0.6 is 0 Å². The molecule has 3 aromatic rings. The fourth-order valence-electron chi connectivity index (χ4n) is 2.59. The van der Waals surface area contributed by atoms with Gasteiger partial charge in [-0.25, -0.2) is 4.79 Å². The number of amides is 2. The maximum absolute atomic E-state index is 12.2. The Morgan fingerprint density at radius 2 is 1.88 bits per heavy atom. The topological polar surface area (TPSA) is 80.0 Å². The summed E-state index contributed by atoms with van der Waals surface area (Å²) in [5.74, 6) is 0.584. The summed E-state index contributed by atoms with van der Waals surface area (Å²) in [6.45, 7) is 5.48. The molecule has 0 radical (unpaired) electrons. The number of nitrogens with one attached hydrogen (secondary N) is 2. The van der Waals surface area contributed by atoms with Crippen molar-refractivity contribution in [2.45, 2.75) is 26.8 Å². The van der Waals surface area contributed by atoms with E-state index in [-0.39, 0.29) is 12.1 Å². The SMILES string of the molecule is Cc1noc(C)c1NC(=O)N[C@H](C)c1ccc(-c2cccnc2)cc1. The van der Waals surface area contributed by atoms with Gasteiger partial charge in [-0.15, -0.1) is 0 Å². The van der Waals surface area contributed by atoms with E-state index >= 15 is 0 Å². The molecule has 128 valence electrons. The maximum Gasteiger partial charge on any atom is 0.319 e. The highest BCUT2D eigenvalue weighted by atomic mass is 16.5. The molecule has 0 saturated carbocycles. The smallest absolute Gasteiger partial charge is 0.319 e. The van der Waals surface area contributed by atoms with E-state index in [0.717, 1.165) is 16.7 Å². The van der Waals surface area contributed by atoms with Gasteiger partial charge in [-0.05, 0) is 43.5 Å². The third-order valence-electron chi connectivity index (χ3n) is 4.03. The Kier molecular flexibility index (Phi) is 4.79. The second-order valence-corrected chi connectivity index (χ2v) is 5.88. The van der Waals surface area contributed by atoms with Gasteiger partial charge in [0.25, 0.3) is 0 Å². The molecular formula is C19H20N4O2. The van der Waals surface area contributed by atoms with Gasteiger partial charge >= 0.3 is 6.03 Å². The fourth-order valence-corrected chi connectivity index (χ4v) is 2.59. The number of carbonyl (C=O) groups is 1. The van der Waals surface area contributed by atoms with Crippen molar-refractivity contribution in [1.29, 1.82) is 0 Å². The van der Waals surface area contributed by atoms with Gasteiger partial charge in [-0.3, -0.25) is 4.98 Å². The first-order valence-corrected chi connectivity index (χ1v) is 8.05. The van der Waals surface area contributed by atoms with Gasteiger partial charge in [-0.2, -0.15) is 0 Å². The molecule has 0 saturated heterocycles. The maximum atomic E-state index is 12.2. The molecule has 2 heterocycles. The fraction of sp³-hybridized carbons (Fsp3) is 0.211. The summed E-state index contributed by atoms with van der Waals surface area (Å²) in [6.07, 6.45) is 3.58. The summed E-state index contributed by atoms with van der Waals surface area (Å²) in [6, 6.07) is 11.6. The molecular weight excluding hydrogens is 316 g/mol. The monoisotopic (exact) mass is 336 g/mol. The molecule has 0 aliphatic rings. The lowest BCUT2D eigenvalue weighted by molar-refractivity contribution is 0.249. The number of urea groups is 1. The van der Waals surface area contributed by atoms with Gasteiger partial charge in [0.2, 0.25) is 0 Å². The number of benzene rings is 1. The molecule has 1 atom stereocenters. The third-order valence-corrected chi connectivity index (χ3v) is 4.03. The predicted molar refractivity (Wildman–Crippen MR) is 96.2 cm³/mol. The summed E-state index contributed by atoms with van der Waals surface area (Å²) in [7, 11) is 0. The molecule has 0 aliphatic carbocycles. The molecule has 2 aromatic heterocycles. The van der Waals surface area contributed by atoms with Crippen molar-refractivity contribution < 1.29 is 9.32 Å². The Hall–Kier alpha value is -3.15. The lowest BCUT2D eigenvalue weighted by Crippen LogP contribution is -2.31. The number of hydrogen-bond donors (Lipinski definition) is 2. The molecule has 6 heteroatoms. The second-order valence-electron chi connectivity index (χ2n) is 5.88. The van der Waals surface area contributed by atoms with Crippen molar-refractivity contribution in [3.63, 3.8) is 0 Å². The van der Waals surface area contributed by atoms with Crippen molar-refractivity contribution in [3.8, 4) is 11.1 Å². The minimum absolute atomic E-state index is 0.136. The highest BCUT2D eigenvalue weighted by Gasteiger charge is 2.14. The average molecular weight is 336 g/mol. The van der Waals surface area contributed by atoms with Crippen LogP contribution in [-0.2, 0) is 0 Å². The average Bonchev–Trinajstić information content (AvgIpc) is 2.94. The number of nitrogens with zero attached hydrogens (tertiary/aromatic N) is 2. The molecule has 0 fully saturated rings. The van der Waals surface area contributed by atoms with E-state index in [1.807, 2.05) is 49.5 Å². The summed E-state index contributed by atoms with van der Waals surface area (Å²) in [5, 5.41) is 9.52. The molecule has 6 nitrogen and oxygen atoms in total. The summed E-state index contributed by atoms with van der Waals surface area (Å²) in [4.78, 5) is 16.3. The summed E-state index contributed by atoms with van der Waals surface area (Å²) in [5.41, 5.74) is 4.43. The van der Waals surface area contributed by atoms with Crippen molar-refractivity contribution in [3.05, 3.63) is 65.8 Å². The Labute approximate surface area is 146 Å². The van der Waals surface area contributed by atoms with E-state index in [4.69, 9.17) is 4.52 Å². The first-order valence-electron chi connectivity index (χ1n) is 8.05. The molecule has 2 N–H and O–H groups in total. The molecule has 2 amide bonds. The number of carbonyl (C=O) groups excluding carboxylic acids is 1.